The Balaban J connectivity index is 2.49. The van der Waals surface area contributed by atoms with E-state index in [0.29, 0.717) is 13.0 Å². The van der Waals surface area contributed by atoms with Crippen LogP contribution >= 0.6 is 11.6 Å². The fourth-order valence-corrected chi connectivity index (χ4v) is 1.52. The van der Waals surface area contributed by atoms with E-state index >= 15 is 0 Å². The first-order chi connectivity index (χ1) is 7.52. The van der Waals surface area contributed by atoms with Crippen LogP contribution in [0.3, 0.4) is 0 Å². The Bertz CT molecular complexity index is 379. The first kappa shape index (κ1) is 12.8. The van der Waals surface area contributed by atoms with Crippen molar-refractivity contribution in [3.63, 3.8) is 0 Å². The van der Waals surface area contributed by atoms with Gasteiger partial charge in [-0.15, -0.1) is 0 Å². The smallest absolute Gasteiger partial charge is 0.306 e. The van der Waals surface area contributed by atoms with Crippen LogP contribution < -0.4 is 5.32 Å². The molecule has 1 aromatic carbocycles. The largest absolute Gasteiger partial charge is 0.481 e. The van der Waals surface area contributed by atoms with Gasteiger partial charge in [-0.2, -0.15) is 0 Å². The molecule has 0 aromatic heterocycles. The van der Waals surface area contributed by atoms with Gasteiger partial charge in [0.1, 0.15) is 0 Å². The molecular formula is C12H16ClNO2. The lowest BCUT2D eigenvalue weighted by atomic mass is 10.1. The number of hydrogen-bond acceptors (Lipinski definition) is 2. The Kier molecular flexibility index (Phi) is 4.62. The van der Waals surface area contributed by atoms with Crippen molar-refractivity contribution in [3.05, 3.63) is 28.8 Å². The van der Waals surface area contributed by atoms with Crippen LogP contribution in [-0.4, -0.2) is 17.6 Å². The zero-order valence-electron chi connectivity index (χ0n) is 9.46. The van der Waals surface area contributed by atoms with E-state index < -0.39 is 5.97 Å². The molecule has 1 rings (SSSR count). The third kappa shape index (κ3) is 3.42. The number of hydrogen-bond donors (Lipinski definition) is 2. The van der Waals surface area contributed by atoms with Crippen LogP contribution in [-0.2, 0) is 4.79 Å². The van der Waals surface area contributed by atoms with Gasteiger partial charge in [-0.05, 0) is 31.0 Å². The zero-order chi connectivity index (χ0) is 12.1. The molecule has 88 valence electrons. The van der Waals surface area contributed by atoms with E-state index in [2.05, 4.69) is 5.32 Å². The van der Waals surface area contributed by atoms with Gasteiger partial charge >= 0.3 is 5.97 Å². The highest BCUT2D eigenvalue weighted by Gasteiger charge is 2.10. The SMILES string of the molecule is Cc1c(Cl)cccc1NCCC(C)C(=O)O. The molecule has 3 nitrogen and oxygen atoms in total. The molecule has 4 heteroatoms. The van der Waals surface area contributed by atoms with E-state index in [1.54, 1.807) is 6.92 Å². The number of carboxylic acids is 1. The standard InChI is InChI=1S/C12H16ClNO2/c1-8(12(15)16)6-7-14-11-5-3-4-10(13)9(11)2/h3-5,8,14H,6-7H2,1-2H3,(H,15,16). The van der Waals surface area contributed by atoms with Crippen molar-refractivity contribution in [2.75, 3.05) is 11.9 Å². The summed E-state index contributed by atoms with van der Waals surface area (Å²) < 4.78 is 0. The molecule has 0 radical (unpaired) electrons. The van der Waals surface area contributed by atoms with Gasteiger partial charge in [-0.3, -0.25) is 4.79 Å². The Morgan fingerprint density at radius 3 is 2.88 bits per heavy atom. The maximum Gasteiger partial charge on any atom is 0.306 e. The summed E-state index contributed by atoms with van der Waals surface area (Å²) in [5.74, 6) is -1.09. The van der Waals surface area contributed by atoms with E-state index in [1.165, 1.54) is 0 Å². The number of benzene rings is 1. The van der Waals surface area contributed by atoms with Crippen LogP contribution in [0.2, 0.25) is 5.02 Å². The molecule has 0 heterocycles. The van der Waals surface area contributed by atoms with Crippen LogP contribution in [0.5, 0.6) is 0 Å². The lowest BCUT2D eigenvalue weighted by Gasteiger charge is -2.11. The summed E-state index contributed by atoms with van der Waals surface area (Å²) in [4.78, 5) is 10.6. The van der Waals surface area contributed by atoms with E-state index in [4.69, 9.17) is 16.7 Å². The molecule has 0 bridgehead atoms. The highest BCUT2D eigenvalue weighted by molar-refractivity contribution is 6.31. The minimum absolute atomic E-state index is 0.327. The van der Waals surface area contributed by atoms with Crippen molar-refractivity contribution < 1.29 is 9.90 Å². The Morgan fingerprint density at radius 1 is 1.56 bits per heavy atom. The van der Waals surface area contributed by atoms with E-state index in [9.17, 15) is 4.79 Å². The van der Waals surface area contributed by atoms with Gasteiger partial charge in [-0.25, -0.2) is 0 Å². The predicted octanol–water partition coefficient (Wildman–Crippen LogP) is 3.17. The van der Waals surface area contributed by atoms with Gasteiger partial charge in [0, 0.05) is 17.3 Å². The van der Waals surface area contributed by atoms with Crippen molar-refractivity contribution in [1.82, 2.24) is 0 Å². The normalized spacial score (nSPS) is 12.2. The molecule has 0 aliphatic rings. The number of carboxylic acid groups (broad SMARTS) is 1. The minimum atomic E-state index is -0.760. The number of halogens is 1. The van der Waals surface area contributed by atoms with E-state index in [-0.39, 0.29) is 5.92 Å². The lowest BCUT2D eigenvalue weighted by molar-refractivity contribution is -0.141. The average Bonchev–Trinajstić information content (AvgIpc) is 2.24. The number of anilines is 1. The Labute approximate surface area is 100 Å². The third-order valence-electron chi connectivity index (χ3n) is 2.58. The van der Waals surface area contributed by atoms with Crippen molar-refractivity contribution in [3.8, 4) is 0 Å². The predicted molar refractivity (Wildman–Crippen MR) is 66.1 cm³/mol. The molecule has 1 atom stereocenters. The van der Waals surface area contributed by atoms with Crippen molar-refractivity contribution in [1.29, 1.82) is 0 Å². The fourth-order valence-electron chi connectivity index (χ4n) is 1.35. The summed E-state index contributed by atoms with van der Waals surface area (Å²) in [6.07, 6.45) is 0.598. The summed E-state index contributed by atoms with van der Waals surface area (Å²) in [5, 5.41) is 12.6. The molecule has 16 heavy (non-hydrogen) atoms. The van der Waals surface area contributed by atoms with Crippen LogP contribution in [0.4, 0.5) is 5.69 Å². The van der Waals surface area contributed by atoms with Crippen molar-refractivity contribution in [2.45, 2.75) is 20.3 Å². The van der Waals surface area contributed by atoms with Crippen LogP contribution in [0, 0.1) is 12.8 Å². The van der Waals surface area contributed by atoms with Crippen LogP contribution in [0.15, 0.2) is 18.2 Å². The number of aliphatic carboxylic acids is 1. The zero-order valence-corrected chi connectivity index (χ0v) is 10.2. The van der Waals surface area contributed by atoms with Crippen LogP contribution in [0.1, 0.15) is 18.9 Å². The van der Waals surface area contributed by atoms with Gasteiger partial charge in [0.15, 0.2) is 0 Å². The average molecular weight is 242 g/mol. The van der Waals surface area contributed by atoms with Gasteiger partial charge in [-0.1, -0.05) is 24.6 Å². The second kappa shape index (κ2) is 5.75. The van der Waals surface area contributed by atoms with E-state index in [1.807, 2.05) is 25.1 Å². The maximum atomic E-state index is 10.6. The molecule has 0 aliphatic heterocycles. The van der Waals surface area contributed by atoms with Gasteiger partial charge in [0.2, 0.25) is 0 Å². The second-order valence-corrected chi connectivity index (χ2v) is 4.27. The number of nitrogens with one attached hydrogen (secondary N) is 1. The number of rotatable bonds is 5. The molecule has 0 amide bonds. The van der Waals surface area contributed by atoms with Crippen molar-refractivity contribution >= 4 is 23.3 Å². The molecule has 1 aromatic rings. The molecule has 0 fully saturated rings. The van der Waals surface area contributed by atoms with E-state index in [0.717, 1.165) is 16.3 Å². The maximum absolute atomic E-state index is 10.6. The summed E-state index contributed by atoms with van der Waals surface area (Å²) in [7, 11) is 0. The molecule has 0 aliphatic carbocycles. The molecule has 2 N–H and O–H groups in total. The van der Waals surface area contributed by atoms with Crippen LogP contribution in [0.25, 0.3) is 0 Å². The summed E-state index contributed by atoms with van der Waals surface area (Å²) >= 11 is 5.97. The Hall–Kier alpha value is -1.22. The Morgan fingerprint density at radius 2 is 2.25 bits per heavy atom. The number of carbonyl (C=O) groups is 1. The second-order valence-electron chi connectivity index (χ2n) is 3.87. The highest BCUT2D eigenvalue weighted by Crippen LogP contribution is 2.22. The first-order valence-corrected chi connectivity index (χ1v) is 5.62. The molecule has 1 unspecified atom stereocenters. The third-order valence-corrected chi connectivity index (χ3v) is 2.99. The quantitative estimate of drug-likeness (QED) is 0.833. The molecule has 0 spiro atoms. The summed E-state index contributed by atoms with van der Waals surface area (Å²) in [6.45, 7) is 4.27. The minimum Gasteiger partial charge on any atom is -0.481 e. The van der Waals surface area contributed by atoms with Gasteiger partial charge in [0.05, 0.1) is 5.92 Å². The van der Waals surface area contributed by atoms with Gasteiger partial charge < -0.3 is 10.4 Å². The summed E-state index contributed by atoms with van der Waals surface area (Å²) in [5.41, 5.74) is 1.96. The van der Waals surface area contributed by atoms with Crippen molar-refractivity contribution in [2.24, 2.45) is 5.92 Å². The fraction of sp³-hybridized carbons (Fsp3) is 0.417. The first-order valence-electron chi connectivity index (χ1n) is 5.24. The molecular weight excluding hydrogens is 226 g/mol. The molecule has 0 saturated carbocycles. The molecule has 0 saturated heterocycles. The summed E-state index contributed by atoms with van der Waals surface area (Å²) in [6, 6.07) is 5.65. The monoisotopic (exact) mass is 241 g/mol. The highest BCUT2D eigenvalue weighted by atomic mass is 35.5. The lowest BCUT2D eigenvalue weighted by Crippen LogP contribution is -2.14. The topological polar surface area (TPSA) is 49.3 Å². The van der Waals surface area contributed by atoms with Gasteiger partial charge in [0.25, 0.3) is 0 Å².